The summed E-state index contributed by atoms with van der Waals surface area (Å²) in [6.07, 6.45) is 0. The van der Waals surface area contributed by atoms with Gasteiger partial charge in [0.1, 0.15) is 0 Å². The number of likely N-dealkylation sites (N-methyl/N-ethyl adjacent to an activating group) is 1. The van der Waals surface area contributed by atoms with Crippen molar-refractivity contribution >= 4 is 11.9 Å². The molecule has 0 rings (SSSR count). The summed E-state index contributed by atoms with van der Waals surface area (Å²) in [5, 5.41) is 20.8. The van der Waals surface area contributed by atoms with E-state index in [4.69, 9.17) is 15.1 Å². The van der Waals surface area contributed by atoms with Gasteiger partial charge in [0.15, 0.2) is 6.61 Å². The molecule has 0 spiro atoms. The Kier molecular flexibility index (Phi) is 7.51. The van der Waals surface area contributed by atoms with E-state index in [1.165, 1.54) is 5.06 Å². The molecule has 0 unspecified atom stereocenters. The highest BCUT2D eigenvalue weighted by Gasteiger charge is 2.05. The van der Waals surface area contributed by atoms with Crippen molar-refractivity contribution in [3.05, 3.63) is 0 Å². The van der Waals surface area contributed by atoms with Crippen molar-refractivity contribution in [3.63, 3.8) is 0 Å². The summed E-state index contributed by atoms with van der Waals surface area (Å²) in [6.45, 7) is 2.74. The van der Waals surface area contributed by atoms with E-state index >= 15 is 0 Å². The Hall–Kier alpha value is -1.18. The Morgan fingerprint density at radius 1 is 1.33 bits per heavy atom. The minimum Gasteiger partial charge on any atom is -0.480 e. The molecular weight excluding hydrogens is 204 g/mol. The first-order chi connectivity index (χ1) is 7.06. The normalized spacial score (nSPS) is 10.5. The van der Waals surface area contributed by atoms with Crippen LogP contribution in [0.3, 0.4) is 0 Å². The zero-order valence-electron chi connectivity index (χ0n) is 8.60. The molecule has 0 aromatic carbocycles. The van der Waals surface area contributed by atoms with Crippen LogP contribution in [0.4, 0.5) is 0 Å². The van der Waals surface area contributed by atoms with Crippen LogP contribution < -0.4 is 5.32 Å². The molecule has 0 amide bonds. The molecule has 3 N–H and O–H groups in total. The van der Waals surface area contributed by atoms with Crippen LogP contribution in [0.2, 0.25) is 0 Å². The summed E-state index contributed by atoms with van der Waals surface area (Å²) in [5.41, 5.74) is 0. The second-order valence-corrected chi connectivity index (χ2v) is 2.76. The highest BCUT2D eigenvalue weighted by molar-refractivity contribution is 5.69. The highest BCUT2D eigenvalue weighted by Crippen LogP contribution is 1.88. The first-order valence-electron chi connectivity index (χ1n) is 4.58. The van der Waals surface area contributed by atoms with Gasteiger partial charge in [-0.2, -0.15) is 5.06 Å². The molecule has 0 atom stereocenters. The predicted octanol–water partition coefficient (Wildman–Crippen LogP) is -1.00. The molecule has 88 valence electrons. The standard InChI is InChI=1S/C8H16N2O5/c1-2-10(15-6-8(13)14)4-3-9-5-7(11)12/h9H,2-6H2,1H3,(H,11,12)(H,13,14). The van der Waals surface area contributed by atoms with Crippen molar-refractivity contribution in [3.8, 4) is 0 Å². The number of hydrogen-bond acceptors (Lipinski definition) is 5. The molecule has 0 aliphatic carbocycles. The number of nitrogens with zero attached hydrogens (tertiary/aromatic N) is 1. The first-order valence-corrected chi connectivity index (χ1v) is 4.58. The lowest BCUT2D eigenvalue weighted by molar-refractivity contribution is -0.178. The Labute approximate surface area is 87.6 Å². The van der Waals surface area contributed by atoms with E-state index in [9.17, 15) is 9.59 Å². The number of carboxylic acid groups (broad SMARTS) is 2. The van der Waals surface area contributed by atoms with Gasteiger partial charge in [-0.05, 0) is 0 Å². The molecular formula is C8H16N2O5. The fraction of sp³-hybridized carbons (Fsp3) is 0.750. The Morgan fingerprint density at radius 3 is 2.47 bits per heavy atom. The van der Waals surface area contributed by atoms with Crippen LogP contribution in [0.5, 0.6) is 0 Å². The quantitative estimate of drug-likeness (QED) is 0.338. The van der Waals surface area contributed by atoms with Crippen LogP contribution >= 0.6 is 0 Å². The van der Waals surface area contributed by atoms with E-state index in [2.05, 4.69) is 5.32 Å². The lowest BCUT2D eigenvalue weighted by Gasteiger charge is -2.18. The minimum absolute atomic E-state index is 0.115. The third-order valence-electron chi connectivity index (χ3n) is 1.54. The van der Waals surface area contributed by atoms with E-state index < -0.39 is 11.9 Å². The van der Waals surface area contributed by atoms with E-state index in [0.29, 0.717) is 19.6 Å². The van der Waals surface area contributed by atoms with E-state index in [0.717, 1.165) is 0 Å². The van der Waals surface area contributed by atoms with Crippen LogP contribution in [0.1, 0.15) is 6.92 Å². The van der Waals surface area contributed by atoms with Crippen molar-refractivity contribution in [1.29, 1.82) is 0 Å². The van der Waals surface area contributed by atoms with E-state index in [1.54, 1.807) is 0 Å². The molecule has 0 aliphatic rings. The van der Waals surface area contributed by atoms with Crippen molar-refractivity contribution in [2.45, 2.75) is 6.92 Å². The van der Waals surface area contributed by atoms with Crippen molar-refractivity contribution in [2.75, 3.05) is 32.8 Å². The molecule has 0 heterocycles. The molecule has 0 fully saturated rings. The van der Waals surface area contributed by atoms with Crippen molar-refractivity contribution in [2.24, 2.45) is 0 Å². The molecule has 0 radical (unpaired) electrons. The fourth-order valence-corrected chi connectivity index (χ4v) is 0.860. The molecule has 0 saturated carbocycles. The maximum Gasteiger partial charge on any atom is 0.331 e. The third-order valence-corrected chi connectivity index (χ3v) is 1.54. The van der Waals surface area contributed by atoms with Gasteiger partial charge in [0.25, 0.3) is 0 Å². The second-order valence-electron chi connectivity index (χ2n) is 2.76. The minimum atomic E-state index is -1.04. The van der Waals surface area contributed by atoms with Gasteiger partial charge in [0.2, 0.25) is 0 Å². The lowest BCUT2D eigenvalue weighted by Crippen LogP contribution is -2.35. The highest BCUT2D eigenvalue weighted by atomic mass is 16.7. The number of carbonyl (C=O) groups is 2. The van der Waals surface area contributed by atoms with Crippen LogP contribution in [-0.4, -0.2) is 60.0 Å². The summed E-state index contributed by atoms with van der Waals surface area (Å²) in [6, 6.07) is 0. The summed E-state index contributed by atoms with van der Waals surface area (Å²) in [4.78, 5) is 25.2. The zero-order chi connectivity index (χ0) is 11.7. The predicted molar refractivity (Wildman–Crippen MR) is 51.3 cm³/mol. The molecule has 15 heavy (non-hydrogen) atoms. The topological polar surface area (TPSA) is 99.1 Å². The molecule has 7 heteroatoms. The van der Waals surface area contributed by atoms with E-state index in [1.807, 2.05) is 6.92 Å². The van der Waals surface area contributed by atoms with Gasteiger partial charge < -0.3 is 15.5 Å². The van der Waals surface area contributed by atoms with Crippen molar-refractivity contribution in [1.82, 2.24) is 10.4 Å². The van der Waals surface area contributed by atoms with Crippen LogP contribution in [0, 0.1) is 0 Å². The molecule has 0 aromatic rings. The van der Waals surface area contributed by atoms with Crippen LogP contribution in [0.25, 0.3) is 0 Å². The first kappa shape index (κ1) is 13.8. The third kappa shape index (κ3) is 9.13. The molecule has 0 aromatic heterocycles. The molecule has 0 bridgehead atoms. The van der Waals surface area contributed by atoms with E-state index in [-0.39, 0.29) is 13.2 Å². The summed E-state index contributed by atoms with van der Waals surface area (Å²) < 4.78 is 0. The zero-order valence-corrected chi connectivity index (χ0v) is 8.60. The number of nitrogens with one attached hydrogen (secondary N) is 1. The monoisotopic (exact) mass is 220 g/mol. The van der Waals surface area contributed by atoms with Gasteiger partial charge in [-0.25, -0.2) is 4.79 Å². The van der Waals surface area contributed by atoms with Gasteiger partial charge in [0.05, 0.1) is 6.54 Å². The number of hydrogen-bond donors (Lipinski definition) is 3. The Morgan fingerprint density at radius 2 is 2.00 bits per heavy atom. The van der Waals surface area contributed by atoms with Gasteiger partial charge in [-0.3, -0.25) is 9.63 Å². The average Bonchev–Trinajstić information content (AvgIpc) is 2.16. The summed E-state index contributed by atoms with van der Waals surface area (Å²) in [7, 11) is 0. The van der Waals surface area contributed by atoms with Crippen molar-refractivity contribution < 1.29 is 24.6 Å². The lowest BCUT2D eigenvalue weighted by atomic mass is 10.5. The van der Waals surface area contributed by atoms with Gasteiger partial charge >= 0.3 is 11.9 Å². The van der Waals surface area contributed by atoms with Gasteiger partial charge in [0, 0.05) is 19.6 Å². The second kappa shape index (κ2) is 8.16. The summed E-state index contributed by atoms with van der Waals surface area (Å²) in [5.74, 6) is -1.96. The maximum absolute atomic E-state index is 10.2. The Bertz CT molecular complexity index is 209. The Balaban J connectivity index is 3.52. The largest absolute Gasteiger partial charge is 0.480 e. The number of aliphatic carboxylic acids is 2. The maximum atomic E-state index is 10.2. The molecule has 0 saturated heterocycles. The molecule has 0 aliphatic heterocycles. The average molecular weight is 220 g/mol. The number of carboxylic acids is 2. The SMILES string of the molecule is CCN(CCNCC(=O)O)OCC(=O)O. The number of hydroxylamine groups is 2. The van der Waals surface area contributed by atoms with Gasteiger partial charge in [-0.15, -0.1) is 0 Å². The fourth-order valence-electron chi connectivity index (χ4n) is 0.860. The molecule has 7 nitrogen and oxygen atoms in total. The number of rotatable bonds is 9. The van der Waals surface area contributed by atoms with Crippen LogP contribution in [0.15, 0.2) is 0 Å². The summed E-state index contributed by atoms with van der Waals surface area (Å²) >= 11 is 0. The van der Waals surface area contributed by atoms with Crippen LogP contribution in [-0.2, 0) is 14.4 Å². The smallest absolute Gasteiger partial charge is 0.331 e. The van der Waals surface area contributed by atoms with Gasteiger partial charge in [-0.1, -0.05) is 6.92 Å².